The predicted molar refractivity (Wildman–Crippen MR) is 108 cm³/mol. The molecule has 220 valence electrons. The summed E-state index contributed by atoms with van der Waals surface area (Å²) in [6, 6.07) is -3.36. The molecule has 1 aliphatic carbocycles. The molecule has 0 bridgehead atoms. The average Bonchev–Trinajstić information content (AvgIpc) is 3.26. The van der Waals surface area contributed by atoms with E-state index in [0.717, 1.165) is 32.1 Å². The van der Waals surface area contributed by atoms with Crippen molar-refractivity contribution in [2.75, 3.05) is 19.8 Å². The van der Waals surface area contributed by atoms with Crippen molar-refractivity contribution in [3.63, 3.8) is 0 Å². The largest absolute Gasteiger partial charge is 0.463 e. The first-order valence-corrected chi connectivity index (χ1v) is 11.5. The summed E-state index contributed by atoms with van der Waals surface area (Å²) in [6.07, 6.45) is -1.32. The van der Waals surface area contributed by atoms with Gasteiger partial charge in [-0.25, -0.2) is 8.78 Å². The monoisotopic (exact) mass is 577 g/mol. The maximum absolute atomic E-state index is 13.6. The van der Waals surface area contributed by atoms with Crippen LogP contribution >= 0.6 is 0 Å². The number of halogens is 11. The Hall–Kier alpha value is -2.36. The number of aromatic nitrogens is 3. The van der Waals surface area contributed by atoms with E-state index in [9.17, 15) is 48.3 Å². The Kier molecular flexibility index (Phi) is 9.89. The molecular formula is C21H26F11N3O3. The third-order valence-corrected chi connectivity index (χ3v) is 6.01. The van der Waals surface area contributed by atoms with Gasteiger partial charge in [0.05, 0.1) is 6.61 Å². The van der Waals surface area contributed by atoms with E-state index in [1.807, 2.05) is 0 Å². The maximum atomic E-state index is 13.6. The first-order valence-electron chi connectivity index (χ1n) is 11.5. The van der Waals surface area contributed by atoms with Crippen molar-refractivity contribution in [1.82, 2.24) is 15.0 Å². The first-order chi connectivity index (χ1) is 17.3. The molecule has 17 heteroatoms. The highest BCUT2D eigenvalue weighted by Gasteiger charge is 2.73. The molecule has 0 radical (unpaired) electrons. The Morgan fingerprint density at radius 2 is 1.18 bits per heavy atom. The second kappa shape index (κ2) is 11.8. The topological polar surface area (TPSA) is 66.4 Å². The van der Waals surface area contributed by atoms with E-state index >= 15 is 0 Å². The van der Waals surface area contributed by atoms with E-state index in [4.69, 9.17) is 4.74 Å². The molecule has 2 unspecified atom stereocenters. The number of ether oxygens (including phenoxy) is 3. The number of nitrogens with zero attached hydrogens (tertiary/aromatic N) is 3. The fraction of sp³-hybridized carbons (Fsp3) is 0.857. The molecular weight excluding hydrogens is 551 g/mol. The van der Waals surface area contributed by atoms with Gasteiger partial charge in [-0.05, 0) is 31.1 Å². The maximum Gasteiger partial charge on any atom is 0.460 e. The van der Waals surface area contributed by atoms with Crippen LogP contribution < -0.4 is 14.2 Å². The fourth-order valence-electron chi connectivity index (χ4n) is 3.60. The minimum absolute atomic E-state index is 0.0956. The summed E-state index contributed by atoms with van der Waals surface area (Å²) in [5, 5.41) is 0. The Morgan fingerprint density at radius 1 is 0.711 bits per heavy atom. The van der Waals surface area contributed by atoms with Gasteiger partial charge in [-0.1, -0.05) is 26.2 Å². The standard InChI is InChI=1S/C21H26F11N3O3/c1-3-12-6-7-13(9-12)5-4-8-36-14-33-15(37-10-18(24,25)17(2,22)23)35-16(34-14)38-11-19(26,27)20(28,29)21(30,31)32/h12-13H,3-11H2,1-2H3. The van der Waals surface area contributed by atoms with Crippen LogP contribution in [0, 0.1) is 11.8 Å². The van der Waals surface area contributed by atoms with Crippen LogP contribution in [0.5, 0.6) is 18.0 Å². The van der Waals surface area contributed by atoms with Crippen LogP contribution in [0.15, 0.2) is 0 Å². The molecule has 0 N–H and O–H groups in total. The predicted octanol–water partition coefficient (Wildman–Crippen LogP) is 6.74. The zero-order valence-corrected chi connectivity index (χ0v) is 20.2. The van der Waals surface area contributed by atoms with E-state index < -0.39 is 61.1 Å². The van der Waals surface area contributed by atoms with Crippen LogP contribution in [0.2, 0.25) is 0 Å². The molecule has 2 atom stereocenters. The second-order valence-electron chi connectivity index (χ2n) is 9.07. The molecule has 1 aromatic heterocycles. The normalized spacial score (nSPS) is 19.5. The molecule has 2 rings (SSSR count). The van der Waals surface area contributed by atoms with Gasteiger partial charge in [0.2, 0.25) is 0 Å². The molecule has 0 aromatic carbocycles. The molecule has 1 saturated carbocycles. The van der Waals surface area contributed by atoms with Crippen molar-refractivity contribution >= 4 is 0 Å². The lowest BCUT2D eigenvalue weighted by atomic mass is 9.99. The summed E-state index contributed by atoms with van der Waals surface area (Å²) in [5.41, 5.74) is 0. The zero-order chi connectivity index (χ0) is 29.0. The lowest BCUT2D eigenvalue weighted by Gasteiger charge is -2.27. The van der Waals surface area contributed by atoms with Gasteiger partial charge in [0.1, 0.15) is 0 Å². The number of hydrogen-bond acceptors (Lipinski definition) is 6. The molecule has 1 heterocycles. The van der Waals surface area contributed by atoms with E-state index in [0.29, 0.717) is 18.3 Å². The third-order valence-electron chi connectivity index (χ3n) is 6.01. The van der Waals surface area contributed by atoms with Crippen LogP contribution in [0.1, 0.15) is 52.4 Å². The van der Waals surface area contributed by atoms with E-state index in [1.165, 1.54) is 0 Å². The van der Waals surface area contributed by atoms with Crippen molar-refractivity contribution in [3.8, 4) is 18.0 Å². The molecule has 6 nitrogen and oxygen atoms in total. The zero-order valence-electron chi connectivity index (χ0n) is 20.2. The van der Waals surface area contributed by atoms with Crippen LogP contribution in [0.4, 0.5) is 48.3 Å². The van der Waals surface area contributed by atoms with Gasteiger partial charge in [-0.3, -0.25) is 0 Å². The quantitative estimate of drug-likeness (QED) is 0.180. The minimum Gasteiger partial charge on any atom is -0.463 e. The Labute approximate surface area is 210 Å². The van der Waals surface area contributed by atoms with Crippen molar-refractivity contribution in [3.05, 3.63) is 0 Å². The lowest BCUT2D eigenvalue weighted by molar-refractivity contribution is -0.358. The Balaban J connectivity index is 2.12. The van der Waals surface area contributed by atoms with Gasteiger partial charge >= 0.3 is 47.9 Å². The van der Waals surface area contributed by atoms with Crippen LogP contribution in [-0.2, 0) is 0 Å². The SMILES string of the molecule is CCC1CCC(CCCOc2nc(OCC(F)(F)C(C)(F)F)nc(OCC(F)(F)C(F)(F)C(F)(F)F)n2)C1. The van der Waals surface area contributed by atoms with Crippen LogP contribution in [-0.4, -0.2) is 64.6 Å². The van der Waals surface area contributed by atoms with Crippen molar-refractivity contribution in [1.29, 1.82) is 0 Å². The molecule has 1 aliphatic rings. The Bertz CT molecular complexity index is 911. The number of hydrogen-bond donors (Lipinski definition) is 0. The molecule has 0 saturated heterocycles. The average molecular weight is 577 g/mol. The lowest BCUT2D eigenvalue weighted by Crippen LogP contribution is -2.54. The van der Waals surface area contributed by atoms with Crippen molar-refractivity contribution in [2.24, 2.45) is 11.8 Å². The minimum atomic E-state index is -6.63. The third kappa shape index (κ3) is 8.07. The summed E-state index contributed by atoms with van der Waals surface area (Å²) in [5.74, 6) is -20.6. The van der Waals surface area contributed by atoms with Gasteiger partial charge in [-0.2, -0.15) is 39.5 Å². The van der Waals surface area contributed by atoms with Crippen LogP contribution in [0.25, 0.3) is 0 Å². The van der Waals surface area contributed by atoms with Gasteiger partial charge in [-0.15, -0.1) is 15.0 Å². The molecule has 1 aromatic rings. The van der Waals surface area contributed by atoms with Gasteiger partial charge in [0, 0.05) is 6.92 Å². The van der Waals surface area contributed by atoms with Crippen LogP contribution in [0.3, 0.4) is 0 Å². The molecule has 0 spiro atoms. The highest BCUT2D eigenvalue weighted by atomic mass is 19.4. The Morgan fingerprint density at radius 3 is 1.63 bits per heavy atom. The summed E-state index contributed by atoms with van der Waals surface area (Å²) < 4.78 is 157. The van der Waals surface area contributed by atoms with E-state index in [-0.39, 0.29) is 13.5 Å². The van der Waals surface area contributed by atoms with Gasteiger partial charge < -0.3 is 14.2 Å². The molecule has 0 amide bonds. The fourth-order valence-corrected chi connectivity index (χ4v) is 3.60. The first kappa shape index (κ1) is 31.9. The summed E-state index contributed by atoms with van der Waals surface area (Å²) in [6.45, 7) is -2.73. The molecule has 38 heavy (non-hydrogen) atoms. The summed E-state index contributed by atoms with van der Waals surface area (Å²) >= 11 is 0. The van der Waals surface area contributed by atoms with Gasteiger partial charge in [0.25, 0.3) is 0 Å². The number of rotatable bonds is 14. The highest BCUT2D eigenvalue weighted by Crippen LogP contribution is 2.46. The summed E-state index contributed by atoms with van der Waals surface area (Å²) in [7, 11) is 0. The second-order valence-corrected chi connectivity index (χ2v) is 9.07. The molecule has 1 fully saturated rings. The van der Waals surface area contributed by atoms with Crippen molar-refractivity contribution in [2.45, 2.75) is 82.2 Å². The smallest absolute Gasteiger partial charge is 0.460 e. The van der Waals surface area contributed by atoms with Crippen molar-refractivity contribution < 1.29 is 62.5 Å². The number of alkyl halides is 11. The van der Waals surface area contributed by atoms with Gasteiger partial charge in [0.15, 0.2) is 13.2 Å². The van der Waals surface area contributed by atoms with E-state index in [1.54, 1.807) is 0 Å². The molecule has 0 aliphatic heterocycles. The highest BCUT2D eigenvalue weighted by molar-refractivity contribution is 5.10. The summed E-state index contributed by atoms with van der Waals surface area (Å²) in [4.78, 5) is 9.82. The van der Waals surface area contributed by atoms with E-state index in [2.05, 4.69) is 31.3 Å².